The van der Waals surface area contributed by atoms with Gasteiger partial charge in [-0.1, -0.05) is 20.8 Å². The van der Waals surface area contributed by atoms with Crippen molar-refractivity contribution in [2.24, 2.45) is 5.92 Å². The highest BCUT2D eigenvalue weighted by atomic mass is 16.5. The highest BCUT2D eigenvalue weighted by Gasteiger charge is 2.09. The molecule has 0 aliphatic carbocycles. The van der Waals surface area contributed by atoms with Crippen LogP contribution in [0.4, 0.5) is 0 Å². The van der Waals surface area contributed by atoms with Crippen LogP contribution in [0, 0.1) is 5.92 Å². The number of ether oxygens (including phenoxy) is 2. The van der Waals surface area contributed by atoms with Crippen molar-refractivity contribution in [2.75, 3.05) is 65.7 Å². The molecule has 0 aromatic carbocycles. The Morgan fingerprint density at radius 1 is 0.800 bits per heavy atom. The number of hydrogen-bond donors (Lipinski definition) is 0. The number of morpholine rings is 2. The molecule has 0 atom stereocenters. The van der Waals surface area contributed by atoms with E-state index in [4.69, 9.17) is 9.47 Å². The van der Waals surface area contributed by atoms with Crippen LogP contribution in [0.2, 0.25) is 0 Å². The van der Waals surface area contributed by atoms with E-state index in [1.807, 2.05) is 0 Å². The van der Waals surface area contributed by atoms with Crippen molar-refractivity contribution >= 4 is 0 Å². The molecule has 2 rings (SSSR count). The second-order valence-electron chi connectivity index (χ2n) is 6.09. The zero-order chi connectivity index (χ0) is 14.6. The Kier molecular flexibility index (Phi) is 10.3. The van der Waals surface area contributed by atoms with Gasteiger partial charge in [0.15, 0.2) is 0 Å². The van der Waals surface area contributed by atoms with Crippen LogP contribution in [-0.4, -0.2) is 75.5 Å². The monoisotopic (exact) mass is 286 g/mol. The van der Waals surface area contributed by atoms with E-state index in [2.05, 4.69) is 30.6 Å². The lowest BCUT2D eigenvalue weighted by Crippen LogP contribution is -2.37. The first-order valence-corrected chi connectivity index (χ1v) is 8.32. The average molecular weight is 286 g/mol. The SMILES string of the molecule is CC(C)CCN1CCOCC1.CCCN1CCOCC1. The quantitative estimate of drug-likeness (QED) is 0.773. The average Bonchev–Trinajstić information content (AvgIpc) is 2.48. The van der Waals surface area contributed by atoms with Gasteiger partial charge in [0.05, 0.1) is 26.4 Å². The molecule has 0 bridgehead atoms. The van der Waals surface area contributed by atoms with E-state index in [9.17, 15) is 0 Å². The van der Waals surface area contributed by atoms with E-state index in [1.165, 1.54) is 25.9 Å². The molecule has 0 unspecified atom stereocenters. The minimum atomic E-state index is 0.831. The van der Waals surface area contributed by atoms with Crippen LogP contribution in [0.3, 0.4) is 0 Å². The number of hydrogen-bond acceptors (Lipinski definition) is 4. The number of rotatable bonds is 5. The molecule has 0 saturated carbocycles. The van der Waals surface area contributed by atoms with Crippen LogP contribution in [-0.2, 0) is 9.47 Å². The van der Waals surface area contributed by atoms with Crippen molar-refractivity contribution in [1.29, 1.82) is 0 Å². The maximum atomic E-state index is 5.26. The minimum absolute atomic E-state index is 0.831. The lowest BCUT2D eigenvalue weighted by molar-refractivity contribution is 0.0360. The predicted octanol–water partition coefficient (Wildman–Crippen LogP) is 2.09. The Morgan fingerprint density at radius 3 is 1.65 bits per heavy atom. The summed E-state index contributed by atoms with van der Waals surface area (Å²) in [6, 6.07) is 0. The Morgan fingerprint density at radius 2 is 1.25 bits per heavy atom. The van der Waals surface area contributed by atoms with Crippen LogP contribution in [0.5, 0.6) is 0 Å². The first-order chi connectivity index (χ1) is 9.72. The van der Waals surface area contributed by atoms with Crippen molar-refractivity contribution in [3.8, 4) is 0 Å². The molecule has 2 fully saturated rings. The van der Waals surface area contributed by atoms with E-state index in [0.717, 1.165) is 58.5 Å². The van der Waals surface area contributed by atoms with Gasteiger partial charge in [0.1, 0.15) is 0 Å². The first-order valence-electron chi connectivity index (χ1n) is 8.32. The van der Waals surface area contributed by atoms with Crippen molar-refractivity contribution in [3.63, 3.8) is 0 Å². The summed E-state index contributed by atoms with van der Waals surface area (Å²) in [4.78, 5) is 4.94. The normalized spacial score (nSPS) is 21.6. The third kappa shape index (κ3) is 8.90. The molecule has 0 aromatic rings. The Bertz CT molecular complexity index is 210. The Hall–Kier alpha value is -0.160. The summed E-state index contributed by atoms with van der Waals surface area (Å²) in [5, 5.41) is 0. The standard InChI is InChI=1S/C9H19NO.C7H15NO/c1-9(2)3-4-10-5-7-11-8-6-10;1-2-3-8-4-6-9-7-5-8/h9H,3-8H2,1-2H3;2-7H2,1H3. The fourth-order valence-electron chi connectivity index (χ4n) is 2.41. The summed E-state index contributed by atoms with van der Waals surface area (Å²) in [7, 11) is 0. The van der Waals surface area contributed by atoms with Gasteiger partial charge in [-0.2, -0.15) is 0 Å². The summed E-state index contributed by atoms with van der Waals surface area (Å²) in [6.45, 7) is 17.5. The summed E-state index contributed by atoms with van der Waals surface area (Å²) < 4.78 is 10.5. The topological polar surface area (TPSA) is 24.9 Å². The Balaban J connectivity index is 0.000000204. The van der Waals surface area contributed by atoms with Gasteiger partial charge in [-0.05, 0) is 31.8 Å². The molecule has 0 N–H and O–H groups in total. The van der Waals surface area contributed by atoms with E-state index in [1.54, 1.807) is 0 Å². The molecule has 2 aliphatic heterocycles. The van der Waals surface area contributed by atoms with Crippen LogP contribution in [0.1, 0.15) is 33.6 Å². The lowest BCUT2D eigenvalue weighted by atomic mass is 10.1. The zero-order valence-corrected chi connectivity index (χ0v) is 13.8. The first kappa shape index (κ1) is 17.9. The van der Waals surface area contributed by atoms with E-state index < -0.39 is 0 Å². The zero-order valence-electron chi connectivity index (χ0n) is 13.8. The van der Waals surface area contributed by atoms with Gasteiger partial charge in [0.2, 0.25) is 0 Å². The smallest absolute Gasteiger partial charge is 0.0594 e. The predicted molar refractivity (Wildman–Crippen MR) is 84.3 cm³/mol. The minimum Gasteiger partial charge on any atom is -0.379 e. The molecule has 4 heteroatoms. The fourth-order valence-corrected chi connectivity index (χ4v) is 2.41. The van der Waals surface area contributed by atoms with Gasteiger partial charge in [0.25, 0.3) is 0 Å². The molecule has 0 spiro atoms. The molecule has 4 nitrogen and oxygen atoms in total. The summed E-state index contributed by atoms with van der Waals surface area (Å²) in [5.41, 5.74) is 0. The van der Waals surface area contributed by atoms with Crippen LogP contribution >= 0.6 is 0 Å². The highest BCUT2D eigenvalue weighted by Crippen LogP contribution is 2.03. The van der Waals surface area contributed by atoms with E-state index >= 15 is 0 Å². The fraction of sp³-hybridized carbons (Fsp3) is 1.00. The van der Waals surface area contributed by atoms with Crippen molar-refractivity contribution in [1.82, 2.24) is 9.80 Å². The molecule has 0 radical (unpaired) electrons. The van der Waals surface area contributed by atoms with Gasteiger partial charge in [0, 0.05) is 26.2 Å². The second kappa shape index (κ2) is 11.5. The molecule has 2 aliphatic rings. The van der Waals surface area contributed by atoms with Gasteiger partial charge in [-0.3, -0.25) is 9.80 Å². The molecular weight excluding hydrogens is 252 g/mol. The molecule has 2 heterocycles. The van der Waals surface area contributed by atoms with Gasteiger partial charge in [-0.15, -0.1) is 0 Å². The van der Waals surface area contributed by atoms with Crippen molar-refractivity contribution in [2.45, 2.75) is 33.6 Å². The van der Waals surface area contributed by atoms with E-state index in [-0.39, 0.29) is 0 Å². The van der Waals surface area contributed by atoms with Gasteiger partial charge in [-0.25, -0.2) is 0 Å². The van der Waals surface area contributed by atoms with Crippen LogP contribution < -0.4 is 0 Å². The lowest BCUT2D eigenvalue weighted by Gasteiger charge is -2.26. The molecule has 120 valence electrons. The molecular formula is C16H34N2O2. The maximum Gasteiger partial charge on any atom is 0.0594 e. The van der Waals surface area contributed by atoms with E-state index in [0.29, 0.717) is 0 Å². The van der Waals surface area contributed by atoms with Gasteiger partial charge >= 0.3 is 0 Å². The molecule has 20 heavy (non-hydrogen) atoms. The summed E-state index contributed by atoms with van der Waals surface area (Å²) in [6.07, 6.45) is 2.58. The maximum absolute atomic E-state index is 5.26. The van der Waals surface area contributed by atoms with Crippen LogP contribution in [0.25, 0.3) is 0 Å². The molecule has 0 amide bonds. The Labute approximate surface area is 125 Å². The molecule has 0 aromatic heterocycles. The summed E-state index contributed by atoms with van der Waals surface area (Å²) >= 11 is 0. The third-order valence-corrected chi connectivity index (χ3v) is 3.77. The van der Waals surface area contributed by atoms with Gasteiger partial charge < -0.3 is 9.47 Å². The largest absolute Gasteiger partial charge is 0.379 e. The summed E-state index contributed by atoms with van der Waals surface area (Å²) in [5.74, 6) is 0.831. The van der Waals surface area contributed by atoms with Crippen molar-refractivity contribution in [3.05, 3.63) is 0 Å². The second-order valence-corrected chi connectivity index (χ2v) is 6.09. The van der Waals surface area contributed by atoms with Crippen molar-refractivity contribution < 1.29 is 9.47 Å². The highest BCUT2D eigenvalue weighted by molar-refractivity contribution is 4.62. The molecule has 2 saturated heterocycles. The van der Waals surface area contributed by atoms with Crippen LogP contribution in [0.15, 0.2) is 0 Å². The third-order valence-electron chi connectivity index (χ3n) is 3.77. The number of nitrogens with zero attached hydrogens (tertiary/aromatic N) is 2.